The summed E-state index contributed by atoms with van der Waals surface area (Å²) in [6.07, 6.45) is 4.30. The fourth-order valence-corrected chi connectivity index (χ4v) is 3.91. The van der Waals surface area contributed by atoms with Gasteiger partial charge in [-0.15, -0.1) is 28.7 Å². The Morgan fingerprint density at radius 2 is 1.19 bits per heavy atom. The van der Waals surface area contributed by atoms with Crippen LogP contribution in [0, 0.1) is 41.0 Å². The zero-order valence-corrected chi connectivity index (χ0v) is 18.9. The van der Waals surface area contributed by atoms with Crippen molar-refractivity contribution in [2.24, 2.45) is 4.99 Å². The summed E-state index contributed by atoms with van der Waals surface area (Å²) < 4.78 is 0. The van der Waals surface area contributed by atoms with Gasteiger partial charge in [-0.3, -0.25) is 10.0 Å². The molecule has 0 saturated carbocycles. The Hall–Kier alpha value is -1.58. The minimum Gasteiger partial charge on any atom is -0.267 e. The Labute approximate surface area is 170 Å². The van der Waals surface area contributed by atoms with Gasteiger partial charge in [0.25, 0.3) is 0 Å². The van der Waals surface area contributed by atoms with Crippen LogP contribution >= 0.6 is 0 Å². The maximum atomic E-state index is 4.81. The molecule has 0 N–H and O–H groups in total. The molecule has 0 aliphatic carbocycles. The van der Waals surface area contributed by atoms with Gasteiger partial charge in [-0.25, -0.2) is 5.01 Å². The smallest absolute Gasteiger partial charge is 0.118 e. The molecule has 0 bridgehead atoms. The minimum atomic E-state index is 0. The topological polar surface area (TPSA) is 18.8 Å². The van der Waals surface area contributed by atoms with Crippen LogP contribution in [0.4, 0.5) is 0 Å². The van der Waals surface area contributed by atoms with Gasteiger partial charge in [-0.05, 0) is 45.8 Å². The second-order valence-electron chi connectivity index (χ2n) is 7.49. The molecule has 2 heterocycles. The zero-order valence-electron chi connectivity index (χ0n) is 17.5. The van der Waals surface area contributed by atoms with Crippen molar-refractivity contribution in [3.05, 3.63) is 62.3 Å². The monoisotopic (exact) mass is 387 g/mol. The number of fused-ring (bicyclic) bond motifs is 1. The average molecular weight is 387 g/mol. The van der Waals surface area contributed by atoms with Crippen LogP contribution in [0.25, 0.3) is 0 Å². The van der Waals surface area contributed by atoms with Crippen LogP contribution < -0.4 is 0 Å². The standard InChI is InChI=1S/C22H30N3.V/c1-12-13(2)17(6)21(18(7)14(12)3)10-22-23-11-24-19(8)15(4)16(5)20(9)25(22)24;/h10-11,22H,1-9H3;/q-1;. The summed E-state index contributed by atoms with van der Waals surface area (Å²) in [6, 6.07) is 0. The molecule has 2 aliphatic heterocycles. The zero-order chi connectivity index (χ0) is 18.6. The molecule has 3 rings (SSSR count). The third-order valence-corrected chi connectivity index (χ3v) is 6.52. The Kier molecular flexibility index (Phi) is 5.75. The van der Waals surface area contributed by atoms with Crippen molar-refractivity contribution in [2.75, 3.05) is 0 Å². The van der Waals surface area contributed by atoms with Crippen molar-refractivity contribution in [3.8, 4) is 0 Å². The second-order valence-corrected chi connectivity index (χ2v) is 7.49. The number of rotatable bonds is 2. The number of benzene rings is 1. The van der Waals surface area contributed by atoms with Crippen LogP contribution in [0.3, 0.4) is 0 Å². The van der Waals surface area contributed by atoms with E-state index in [1.54, 1.807) is 0 Å². The van der Waals surface area contributed by atoms with E-state index in [2.05, 4.69) is 78.8 Å². The third kappa shape index (κ3) is 2.91. The molecule has 139 valence electrons. The molecule has 26 heavy (non-hydrogen) atoms. The van der Waals surface area contributed by atoms with Gasteiger partial charge in [-0.1, -0.05) is 33.3 Å². The van der Waals surface area contributed by atoms with Crippen molar-refractivity contribution >= 4 is 6.34 Å². The van der Waals surface area contributed by atoms with Gasteiger partial charge >= 0.3 is 0 Å². The molecule has 1 atom stereocenters. The normalized spacial score (nSPS) is 19.2. The van der Waals surface area contributed by atoms with E-state index in [0.29, 0.717) is 0 Å². The van der Waals surface area contributed by atoms with Crippen LogP contribution in [0.1, 0.15) is 61.1 Å². The van der Waals surface area contributed by atoms with Gasteiger partial charge in [0, 0.05) is 29.9 Å². The first kappa shape index (κ1) is 20.7. The van der Waals surface area contributed by atoms with E-state index in [4.69, 9.17) is 4.99 Å². The summed E-state index contributed by atoms with van der Waals surface area (Å²) in [5, 5.41) is 4.50. The molecule has 1 aromatic rings. The molecular formula is C22H30N3V-. The minimum absolute atomic E-state index is 0. The predicted octanol–water partition coefficient (Wildman–Crippen LogP) is 5.27. The fourth-order valence-electron chi connectivity index (χ4n) is 3.91. The van der Waals surface area contributed by atoms with E-state index in [9.17, 15) is 0 Å². The molecule has 3 nitrogen and oxygen atoms in total. The molecule has 0 amide bonds. The van der Waals surface area contributed by atoms with E-state index in [-0.39, 0.29) is 24.7 Å². The van der Waals surface area contributed by atoms with Crippen molar-refractivity contribution in [1.82, 2.24) is 10.0 Å². The van der Waals surface area contributed by atoms with E-state index in [1.165, 1.54) is 55.9 Å². The maximum Gasteiger partial charge on any atom is 0.118 e. The van der Waals surface area contributed by atoms with Gasteiger partial charge in [0.05, 0.1) is 0 Å². The summed E-state index contributed by atoms with van der Waals surface area (Å²) in [6.45, 7) is 19.9. The van der Waals surface area contributed by atoms with Gasteiger partial charge < -0.3 is 0 Å². The first-order valence-electron chi connectivity index (χ1n) is 9.05. The number of hydrogen-bond donors (Lipinski definition) is 0. The number of nitrogens with zero attached hydrogens (tertiary/aromatic N) is 3. The molecule has 0 spiro atoms. The van der Waals surface area contributed by atoms with Crippen LogP contribution in [-0.4, -0.2) is 22.5 Å². The molecule has 1 unspecified atom stereocenters. The van der Waals surface area contributed by atoms with Gasteiger partial charge in [0.15, 0.2) is 0 Å². The largest absolute Gasteiger partial charge is 0.267 e. The summed E-state index contributed by atoms with van der Waals surface area (Å²) >= 11 is 0. The Morgan fingerprint density at radius 1 is 0.731 bits per heavy atom. The number of hydrogen-bond acceptors (Lipinski definition) is 3. The fraction of sp³-hybridized carbons (Fsp3) is 0.455. The molecule has 2 aliphatic rings. The number of hydrazine groups is 1. The van der Waals surface area contributed by atoms with Crippen LogP contribution in [0.15, 0.2) is 27.5 Å². The summed E-state index contributed by atoms with van der Waals surface area (Å²) in [5.41, 5.74) is 13.5. The molecule has 0 aromatic heterocycles. The van der Waals surface area contributed by atoms with Gasteiger partial charge in [0.2, 0.25) is 0 Å². The van der Waals surface area contributed by atoms with Crippen LogP contribution in [0.2, 0.25) is 0 Å². The Morgan fingerprint density at radius 3 is 1.73 bits per heavy atom. The number of aliphatic imine (C=N–C) groups is 1. The van der Waals surface area contributed by atoms with Crippen LogP contribution in [-0.2, 0) is 18.6 Å². The Balaban J connectivity index is 0.00000243. The van der Waals surface area contributed by atoms with Gasteiger partial charge in [0.1, 0.15) is 12.5 Å². The summed E-state index contributed by atoms with van der Waals surface area (Å²) in [4.78, 5) is 4.81. The SMILES string of the molecule is CC1=C(C)N2C=NC([CH-]c3c(C)c(C)c(C)c(C)c3C)N2C(C)=C1C.[V]. The van der Waals surface area contributed by atoms with Crippen molar-refractivity contribution < 1.29 is 18.6 Å². The van der Waals surface area contributed by atoms with Crippen molar-refractivity contribution in [1.29, 1.82) is 0 Å². The van der Waals surface area contributed by atoms with Crippen molar-refractivity contribution in [3.63, 3.8) is 0 Å². The second kappa shape index (κ2) is 7.21. The number of allylic oxidation sites excluding steroid dienone is 4. The molecule has 1 radical (unpaired) electrons. The average Bonchev–Trinajstić information content (AvgIpc) is 3.02. The quantitative estimate of drug-likeness (QED) is 0.644. The molecule has 1 aromatic carbocycles. The first-order chi connectivity index (χ1) is 11.7. The van der Waals surface area contributed by atoms with Gasteiger partial charge in [-0.2, -0.15) is 5.56 Å². The summed E-state index contributed by atoms with van der Waals surface area (Å²) in [7, 11) is 0. The van der Waals surface area contributed by atoms with Crippen LogP contribution in [0.5, 0.6) is 0 Å². The maximum absolute atomic E-state index is 4.81. The molecule has 0 fully saturated rings. The van der Waals surface area contributed by atoms with Crippen molar-refractivity contribution in [2.45, 2.75) is 68.5 Å². The first-order valence-corrected chi connectivity index (χ1v) is 9.05. The van der Waals surface area contributed by atoms with E-state index < -0.39 is 0 Å². The molecule has 4 heteroatoms. The van der Waals surface area contributed by atoms with E-state index >= 15 is 0 Å². The predicted molar refractivity (Wildman–Crippen MR) is 106 cm³/mol. The third-order valence-electron chi connectivity index (χ3n) is 6.52. The summed E-state index contributed by atoms with van der Waals surface area (Å²) in [5.74, 6) is 0. The molecular weight excluding hydrogens is 357 g/mol. The van der Waals surface area contributed by atoms with E-state index in [1.807, 2.05) is 6.34 Å². The molecule has 0 saturated heterocycles. The Bertz CT molecular complexity index is 816. The van der Waals surface area contributed by atoms with E-state index in [0.717, 1.165) is 0 Å².